The van der Waals surface area contributed by atoms with Gasteiger partial charge in [-0.3, -0.25) is 4.98 Å². The lowest BCUT2D eigenvalue weighted by atomic mass is 9.94. The van der Waals surface area contributed by atoms with Gasteiger partial charge in [-0.2, -0.15) is 5.26 Å². The van der Waals surface area contributed by atoms with Gasteiger partial charge in [-0.05, 0) is 57.4 Å². The number of rotatable bonds is 2. The Kier molecular flexibility index (Phi) is 5.46. The number of hydrogen-bond donors (Lipinski definition) is 0. The fourth-order valence-electron chi connectivity index (χ4n) is 3.80. The third-order valence-electron chi connectivity index (χ3n) is 5.07. The third-order valence-corrected chi connectivity index (χ3v) is 5.07. The maximum atomic E-state index is 12.5. The van der Waals surface area contributed by atoms with E-state index in [1.807, 2.05) is 52.1 Å². The Balaban J connectivity index is 1.89. The molecule has 0 bridgehead atoms. The predicted molar refractivity (Wildman–Crippen MR) is 110 cm³/mol. The zero-order chi connectivity index (χ0) is 20.5. The summed E-state index contributed by atoms with van der Waals surface area (Å²) in [6.45, 7) is 9.45. The Morgan fingerprint density at radius 3 is 2.75 bits per heavy atom. The lowest BCUT2D eigenvalue weighted by Crippen LogP contribution is -2.52. The molecule has 0 saturated carbocycles. The van der Waals surface area contributed by atoms with Gasteiger partial charge in [0.2, 0.25) is 0 Å². The van der Waals surface area contributed by atoms with Crippen LogP contribution in [-0.2, 0) is 4.74 Å². The summed E-state index contributed by atoms with van der Waals surface area (Å²) in [4.78, 5) is 21.0. The first kappa shape index (κ1) is 19.9. The number of aromatic nitrogens is 1. The van der Waals surface area contributed by atoms with E-state index in [0.717, 1.165) is 36.1 Å². The molecule has 2 aromatic rings. The van der Waals surface area contributed by atoms with Crippen molar-refractivity contribution in [3.63, 3.8) is 0 Å². The highest BCUT2D eigenvalue weighted by molar-refractivity contribution is 5.95. The molecule has 0 radical (unpaired) electrons. The molecule has 3 rings (SSSR count). The SMILES string of the molecule is C[C@H]1C[C@@H](N(C)C(=O)OC(C)(C)C)CN(c2ccc(C#N)c3ncccc23)C1. The van der Waals surface area contributed by atoms with Crippen LogP contribution in [0.15, 0.2) is 30.5 Å². The smallest absolute Gasteiger partial charge is 0.410 e. The standard InChI is InChI=1S/C22H28N4O2/c1-15-11-17(25(5)21(27)28-22(2,3)4)14-26(13-15)19-9-8-16(12-23)20-18(19)7-6-10-24-20/h6-10,15,17H,11,13-14H2,1-5H3/t15-,17+/m0/s1. The number of ether oxygens (including phenoxy) is 1. The average Bonchev–Trinajstić information content (AvgIpc) is 2.64. The number of hydrogen-bond acceptors (Lipinski definition) is 5. The number of fused-ring (bicyclic) bond motifs is 1. The van der Waals surface area contributed by atoms with Gasteiger partial charge in [0.05, 0.1) is 17.1 Å². The van der Waals surface area contributed by atoms with Crippen molar-refractivity contribution < 1.29 is 9.53 Å². The first-order valence-corrected chi connectivity index (χ1v) is 9.68. The minimum Gasteiger partial charge on any atom is -0.444 e. The zero-order valence-corrected chi connectivity index (χ0v) is 17.3. The van der Waals surface area contributed by atoms with E-state index in [1.54, 1.807) is 11.1 Å². The minimum absolute atomic E-state index is 0.0564. The van der Waals surface area contributed by atoms with Gasteiger partial charge in [0, 0.05) is 37.4 Å². The molecular weight excluding hydrogens is 352 g/mol. The number of amides is 1. The molecule has 0 N–H and O–H groups in total. The highest BCUT2D eigenvalue weighted by Gasteiger charge is 2.32. The van der Waals surface area contributed by atoms with E-state index in [4.69, 9.17) is 4.74 Å². The number of nitrogens with zero attached hydrogens (tertiary/aromatic N) is 4. The van der Waals surface area contributed by atoms with Gasteiger partial charge in [0.25, 0.3) is 0 Å². The van der Waals surface area contributed by atoms with Crippen molar-refractivity contribution in [2.75, 3.05) is 25.0 Å². The summed E-state index contributed by atoms with van der Waals surface area (Å²) in [6, 6.07) is 10.00. The molecule has 1 fully saturated rings. The van der Waals surface area contributed by atoms with Crippen LogP contribution in [-0.4, -0.2) is 47.8 Å². The van der Waals surface area contributed by atoms with Gasteiger partial charge < -0.3 is 14.5 Å². The Morgan fingerprint density at radius 2 is 2.07 bits per heavy atom. The first-order valence-electron chi connectivity index (χ1n) is 9.68. The summed E-state index contributed by atoms with van der Waals surface area (Å²) in [6.07, 6.45) is 2.35. The number of nitriles is 1. The number of carbonyl (C=O) groups is 1. The predicted octanol–water partition coefficient (Wildman–Crippen LogP) is 4.19. The Bertz CT molecular complexity index is 913. The maximum Gasteiger partial charge on any atom is 0.410 e. The van der Waals surface area contributed by atoms with Crippen LogP contribution >= 0.6 is 0 Å². The average molecular weight is 380 g/mol. The van der Waals surface area contributed by atoms with E-state index in [9.17, 15) is 10.1 Å². The summed E-state index contributed by atoms with van der Waals surface area (Å²) in [7, 11) is 1.81. The van der Waals surface area contributed by atoms with Crippen molar-refractivity contribution in [3.05, 3.63) is 36.0 Å². The number of likely N-dealkylation sites (N-methyl/N-ethyl adjacent to an activating group) is 1. The summed E-state index contributed by atoms with van der Waals surface area (Å²) in [5.74, 6) is 0.422. The van der Waals surface area contributed by atoms with E-state index in [1.165, 1.54) is 0 Å². The van der Waals surface area contributed by atoms with Gasteiger partial charge in [-0.1, -0.05) is 6.92 Å². The molecule has 148 valence electrons. The van der Waals surface area contributed by atoms with Crippen LogP contribution in [0.1, 0.15) is 39.7 Å². The van der Waals surface area contributed by atoms with Gasteiger partial charge in [-0.15, -0.1) is 0 Å². The number of pyridine rings is 1. The fraction of sp³-hybridized carbons (Fsp3) is 0.500. The summed E-state index contributed by atoms with van der Waals surface area (Å²) >= 11 is 0. The second kappa shape index (κ2) is 7.67. The van der Waals surface area contributed by atoms with Crippen LogP contribution in [0, 0.1) is 17.2 Å². The number of carbonyl (C=O) groups excluding carboxylic acids is 1. The van der Waals surface area contributed by atoms with Crippen LogP contribution in [0.25, 0.3) is 10.9 Å². The van der Waals surface area contributed by atoms with E-state index in [-0.39, 0.29) is 12.1 Å². The van der Waals surface area contributed by atoms with Gasteiger partial charge in [0.15, 0.2) is 0 Å². The van der Waals surface area contributed by atoms with Crippen LogP contribution in [0.2, 0.25) is 0 Å². The van der Waals surface area contributed by atoms with Crippen molar-refractivity contribution >= 4 is 22.7 Å². The fourth-order valence-corrected chi connectivity index (χ4v) is 3.80. The molecule has 6 heteroatoms. The van der Waals surface area contributed by atoms with Gasteiger partial charge in [-0.25, -0.2) is 4.79 Å². The molecule has 1 amide bonds. The molecule has 0 aliphatic carbocycles. The maximum absolute atomic E-state index is 12.5. The number of benzene rings is 1. The van der Waals surface area contributed by atoms with E-state index in [2.05, 4.69) is 22.9 Å². The lowest BCUT2D eigenvalue weighted by Gasteiger charge is -2.42. The third kappa shape index (κ3) is 4.19. The van der Waals surface area contributed by atoms with E-state index < -0.39 is 5.60 Å². The molecule has 1 aliphatic rings. The summed E-state index contributed by atoms with van der Waals surface area (Å²) in [5, 5.41) is 10.4. The number of piperidine rings is 1. The molecule has 1 saturated heterocycles. The lowest BCUT2D eigenvalue weighted by molar-refractivity contribution is 0.0195. The van der Waals surface area contributed by atoms with Crippen LogP contribution in [0.3, 0.4) is 0 Å². The second-order valence-electron chi connectivity index (χ2n) is 8.63. The molecule has 1 aromatic heterocycles. The molecule has 0 unspecified atom stereocenters. The van der Waals surface area contributed by atoms with Crippen molar-refractivity contribution in [2.24, 2.45) is 5.92 Å². The summed E-state index contributed by atoms with van der Waals surface area (Å²) < 4.78 is 5.55. The molecule has 6 nitrogen and oxygen atoms in total. The quantitative estimate of drug-likeness (QED) is 0.781. The topological polar surface area (TPSA) is 69.5 Å². The highest BCUT2D eigenvalue weighted by Crippen LogP contribution is 2.32. The molecule has 2 atom stereocenters. The zero-order valence-electron chi connectivity index (χ0n) is 17.3. The Morgan fingerprint density at radius 1 is 1.32 bits per heavy atom. The molecule has 1 aromatic carbocycles. The largest absolute Gasteiger partial charge is 0.444 e. The first-order chi connectivity index (χ1) is 13.2. The number of anilines is 1. The highest BCUT2D eigenvalue weighted by atomic mass is 16.6. The van der Waals surface area contributed by atoms with Crippen LogP contribution < -0.4 is 4.90 Å². The molecule has 0 spiro atoms. The molecule has 28 heavy (non-hydrogen) atoms. The van der Waals surface area contributed by atoms with Gasteiger partial charge in [0.1, 0.15) is 11.7 Å². The van der Waals surface area contributed by atoms with E-state index in [0.29, 0.717) is 11.5 Å². The Labute approximate surface area is 166 Å². The monoisotopic (exact) mass is 380 g/mol. The molecule has 1 aliphatic heterocycles. The van der Waals surface area contributed by atoms with Crippen molar-refractivity contribution in [1.82, 2.24) is 9.88 Å². The van der Waals surface area contributed by atoms with E-state index >= 15 is 0 Å². The van der Waals surface area contributed by atoms with Crippen molar-refractivity contribution in [2.45, 2.75) is 45.8 Å². The molecular formula is C22H28N4O2. The van der Waals surface area contributed by atoms with Crippen molar-refractivity contribution in [1.29, 1.82) is 5.26 Å². The Hall–Kier alpha value is -2.81. The minimum atomic E-state index is -0.514. The summed E-state index contributed by atoms with van der Waals surface area (Å²) in [5.41, 5.74) is 1.83. The normalized spacial score (nSPS) is 19.9. The molecule has 2 heterocycles. The second-order valence-corrected chi connectivity index (χ2v) is 8.63. The van der Waals surface area contributed by atoms with Crippen LogP contribution in [0.4, 0.5) is 10.5 Å². The van der Waals surface area contributed by atoms with Crippen LogP contribution in [0.5, 0.6) is 0 Å². The van der Waals surface area contributed by atoms with Crippen molar-refractivity contribution in [3.8, 4) is 6.07 Å². The van der Waals surface area contributed by atoms with Gasteiger partial charge >= 0.3 is 6.09 Å².